The molecule has 1 fully saturated rings. The molecule has 2 aromatic carbocycles. The maximum atomic E-state index is 11.6. The molecule has 3 aromatic rings. The second kappa shape index (κ2) is 12.0. The van der Waals surface area contributed by atoms with E-state index in [2.05, 4.69) is 53.3 Å². The second-order valence-electron chi connectivity index (χ2n) is 10.5. The van der Waals surface area contributed by atoms with E-state index in [1.165, 1.54) is 17.7 Å². The van der Waals surface area contributed by atoms with Gasteiger partial charge in [0.1, 0.15) is 5.75 Å². The summed E-state index contributed by atoms with van der Waals surface area (Å²) < 4.78 is 6.04. The van der Waals surface area contributed by atoms with E-state index in [0.717, 1.165) is 45.6 Å². The molecule has 1 unspecified atom stereocenters. The second-order valence-corrected chi connectivity index (χ2v) is 10.5. The number of aromatic amines is 1. The van der Waals surface area contributed by atoms with Crippen molar-refractivity contribution in [2.75, 3.05) is 45.9 Å². The average Bonchev–Trinajstić information content (AvgIpc) is 2.88. The van der Waals surface area contributed by atoms with Gasteiger partial charge in [0.25, 0.3) is 0 Å². The van der Waals surface area contributed by atoms with Gasteiger partial charge in [-0.1, -0.05) is 50.2 Å². The van der Waals surface area contributed by atoms with Crippen molar-refractivity contribution in [2.45, 2.75) is 38.2 Å². The van der Waals surface area contributed by atoms with Crippen LogP contribution in [0.1, 0.15) is 43.9 Å². The van der Waals surface area contributed by atoms with Crippen molar-refractivity contribution >= 4 is 10.9 Å². The summed E-state index contributed by atoms with van der Waals surface area (Å²) in [7, 11) is 0. The molecule has 7 heteroatoms. The minimum atomic E-state index is -0.726. The summed E-state index contributed by atoms with van der Waals surface area (Å²) in [5.41, 5.74) is 2.08. The van der Waals surface area contributed by atoms with Crippen molar-refractivity contribution in [1.29, 1.82) is 0 Å². The van der Waals surface area contributed by atoms with E-state index in [0.29, 0.717) is 35.5 Å². The SMILES string of the molecule is CC(C)(COCCN1CCC(CNCC(O)c2ccc(O)c3[nH]c(=O)ccc23)CC1)c1ccccc1. The molecule has 4 N–H and O–H groups in total. The molecule has 4 rings (SSSR count). The predicted octanol–water partition coefficient (Wildman–Crippen LogP) is 3.56. The van der Waals surface area contributed by atoms with Crippen LogP contribution in [-0.4, -0.2) is 66.0 Å². The Morgan fingerprint density at radius 1 is 1.11 bits per heavy atom. The first-order valence-corrected chi connectivity index (χ1v) is 12.9. The van der Waals surface area contributed by atoms with Crippen molar-refractivity contribution in [2.24, 2.45) is 5.92 Å². The Morgan fingerprint density at radius 3 is 2.61 bits per heavy atom. The van der Waals surface area contributed by atoms with E-state index in [1.807, 2.05) is 6.07 Å². The van der Waals surface area contributed by atoms with Crippen LogP contribution in [0.3, 0.4) is 0 Å². The van der Waals surface area contributed by atoms with Crippen LogP contribution in [0.4, 0.5) is 0 Å². The molecule has 0 bridgehead atoms. The number of aliphatic hydroxyl groups excluding tert-OH is 1. The number of likely N-dealkylation sites (tertiary alicyclic amines) is 1. The molecular weight excluding hydrogens is 454 g/mol. The molecule has 0 aliphatic carbocycles. The molecule has 1 atom stereocenters. The van der Waals surface area contributed by atoms with E-state index in [-0.39, 0.29) is 16.7 Å². The smallest absolute Gasteiger partial charge is 0.248 e. The lowest BCUT2D eigenvalue weighted by atomic mass is 9.86. The number of pyridine rings is 1. The third-order valence-corrected chi connectivity index (χ3v) is 7.31. The first-order chi connectivity index (χ1) is 17.3. The largest absolute Gasteiger partial charge is 0.506 e. The lowest BCUT2D eigenvalue weighted by Crippen LogP contribution is -2.39. The van der Waals surface area contributed by atoms with E-state index in [4.69, 9.17) is 4.74 Å². The minimum absolute atomic E-state index is 0.00340. The fourth-order valence-corrected chi connectivity index (χ4v) is 4.99. The van der Waals surface area contributed by atoms with Gasteiger partial charge in [0.15, 0.2) is 0 Å². The number of phenolic OH excluding ortho intramolecular Hbond substituents is 1. The first kappa shape index (κ1) is 26.4. The van der Waals surface area contributed by atoms with Crippen molar-refractivity contribution in [3.63, 3.8) is 0 Å². The van der Waals surface area contributed by atoms with E-state index >= 15 is 0 Å². The van der Waals surface area contributed by atoms with Gasteiger partial charge in [-0.3, -0.25) is 4.79 Å². The number of phenols is 1. The van der Waals surface area contributed by atoms with Crippen LogP contribution in [0, 0.1) is 5.92 Å². The first-order valence-electron chi connectivity index (χ1n) is 12.9. The maximum absolute atomic E-state index is 11.6. The van der Waals surface area contributed by atoms with Gasteiger partial charge < -0.3 is 30.2 Å². The molecule has 0 radical (unpaired) electrons. The summed E-state index contributed by atoms with van der Waals surface area (Å²) >= 11 is 0. The standard InChI is InChI=1S/C29H39N3O4/c1-29(2,22-6-4-3-5-7-22)20-36-17-16-32-14-12-21(13-15-32)18-30-19-26(34)23-8-10-25(33)28-24(23)9-11-27(35)31-28/h3-11,21,26,30,33-34H,12-20H2,1-2H3,(H,31,35). The molecule has 1 saturated heterocycles. The van der Waals surface area contributed by atoms with E-state index in [9.17, 15) is 15.0 Å². The highest BCUT2D eigenvalue weighted by atomic mass is 16.5. The number of rotatable bonds is 11. The van der Waals surface area contributed by atoms with Crippen LogP contribution in [0.2, 0.25) is 0 Å². The van der Waals surface area contributed by atoms with Crippen molar-refractivity contribution < 1.29 is 14.9 Å². The number of ether oxygens (including phenoxy) is 1. The quantitative estimate of drug-likeness (QED) is 0.305. The van der Waals surface area contributed by atoms with Gasteiger partial charge in [-0.25, -0.2) is 0 Å². The normalized spacial score (nSPS) is 16.4. The third-order valence-electron chi connectivity index (χ3n) is 7.31. The van der Waals surface area contributed by atoms with Gasteiger partial charge in [-0.05, 0) is 61.7 Å². The molecule has 0 saturated carbocycles. The van der Waals surface area contributed by atoms with Gasteiger partial charge in [-0.15, -0.1) is 0 Å². The fraction of sp³-hybridized carbons (Fsp3) is 0.483. The highest BCUT2D eigenvalue weighted by molar-refractivity contribution is 5.87. The molecule has 2 heterocycles. The van der Waals surface area contributed by atoms with Crippen LogP contribution in [0.25, 0.3) is 10.9 Å². The van der Waals surface area contributed by atoms with Crippen LogP contribution < -0.4 is 10.9 Å². The number of hydrogen-bond acceptors (Lipinski definition) is 6. The van der Waals surface area contributed by atoms with Crippen molar-refractivity contribution in [3.05, 3.63) is 76.1 Å². The fourth-order valence-electron chi connectivity index (χ4n) is 4.99. The van der Waals surface area contributed by atoms with Crippen molar-refractivity contribution in [1.82, 2.24) is 15.2 Å². The van der Waals surface area contributed by atoms with Gasteiger partial charge in [0.2, 0.25) is 5.56 Å². The molecule has 0 spiro atoms. The molecule has 1 aliphatic heterocycles. The average molecular weight is 494 g/mol. The molecule has 1 aromatic heterocycles. The van der Waals surface area contributed by atoms with Crippen LogP contribution in [0.15, 0.2) is 59.4 Å². The molecule has 7 nitrogen and oxygen atoms in total. The number of fused-ring (bicyclic) bond motifs is 1. The number of aromatic hydroxyl groups is 1. The summed E-state index contributed by atoms with van der Waals surface area (Å²) in [4.78, 5) is 16.7. The molecule has 0 amide bonds. The molecule has 36 heavy (non-hydrogen) atoms. The van der Waals surface area contributed by atoms with Crippen LogP contribution >= 0.6 is 0 Å². The van der Waals surface area contributed by atoms with Crippen LogP contribution in [-0.2, 0) is 10.2 Å². The number of H-pyrrole nitrogens is 1. The van der Waals surface area contributed by atoms with Gasteiger partial charge in [0, 0.05) is 30.0 Å². The van der Waals surface area contributed by atoms with E-state index in [1.54, 1.807) is 12.1 Å². The monoisotopic (exact) mass is 493 g/mol. The van der Waals surface area contributed by atoms with Crippen LogP contribution in [0.5, 0.6) is 5.75 Å². The number of benzene rings is 2. The Balaban J connectivity index is 1.15. The Bertz CT molecular complexity index is 1170. The molecule has 194 valence electrons. The lowest BCUT2D eigenvalue weighted by molar-refractivity contribution is 0.0639. The summed E-state index contributed by atoms with van der Waals surface area (Å²) in [6, 6.07) is 16.8. The zero-order valence-electron chi connectivity index (χ0n) is 21.4. The zero-order chi connectivity index (χ0) is 25.5. The molecular formula is C29H39N3O4. The highest BCUT2D eigenvalue weighted by Crippen LogP contribution is 2.28. The Labute approximate surface area is 213 Å². The summed E-state index contributed by atoms with van der Waals surface area (Å²) in [5, 5.41) is 24.9. The Morgan fingerprint density at radius 2 is 1.86 bits per heavy atom. The highest BCUT2D eigenvalue weighted by Gasteiger charge is 2.22. The zero-order valence-corrected chi connectivity index (χ0v) is 21.4. The number of aliphatic hydroxyl groups is 1. The topological polar surface area (TPSA) is 97.8 Å². The number of nitrogens with one attached hydrogen (secondary N) is 2. The van der Waals surface area contributed by atoms with Gasteiger partial charge >= 0.3 is 0 Å². The number of hydrogen-bond donors (Lipinski definition) is 4. The molecule has 1 aliphatic rings. The summed E-state index contributed by atoms with van der Waals surface area (Å²) in [6.45, 7) is 10.3. The number of nitrogens with zero attached hydrogens (tertiary/aromatic N) is 1. The number of aromatic nitrogens is 1. The Kier molecular flexibility index (Phi) is 8.80. The number of piperidine rings is 1. The van der Waals surface area contributed by atoms with Crippen molar-refractivity contribution in [3.8, 4) is 5.75 Å². The maximum Gasteiger partial charge on any atom is 0.248 e. The predicted molar refractivity (Wildman–Crippen MR) is 144 cm³/mol. The van der Waals surface area contributed by atoms with Gasteiger partial charge in [0.05, 0.1) is 24.8 Å². The van der Waals surface area contributed by atoms with Gasteiger partial charge in [-0.2, -0.15) is 0 Å². The third kappa shape index (κ3) is 6.73. The summed E-state index contributed by atoms with van der Waals surface area (Å²) in [5.74, 6) is 0.586. The minimum Gasteiger partial charge on any atom is -0.506 e. The van der Waals surface area contributed by atoms with E-state index < -0.39 is 6.10 Å². The summed E-state index contributed by atoms with van der Waals surface area (Å²) in [6.07, 6.45) is 1.53. The lowest BCUT2D eigenvalue weighted by Gasteiger charge is -2.32. The Hall–Kier alpha value is -2.71.